The highest BCUT2D eigenvalue weighted by Gasteiger charge is 1.85. The Bertz CT molecular complexity index is 186. The molecule has 0 spiro atoms. The molecule has 0 unspecified atom stereocenters. The molecule has 2 radical (unpaired) electrons. The maximum Gasteiger partial charge on any atom is 0.168 e. The molecule has 0 amide bonds. The van der Waals surface area contributed by atoms with Gasteiger partial charge in [-0.1, -0.05) is 17.7 Å². The summed E-state index contributed by atoms with van der Waals surface area (Å²) in [6.07, 6.45) is 0. The van der Waals surface area contributed by atoms with Gasteiger partial charge >= 0.3 is 0 Å². The minimum absolute atomic E-state index is 0.500. The fourth-order valence-corrected chi connectivity index (χ4v) is 0.910. The third-order valence-electron chi connectivity index (χ3n) is 1.16. The molecule has 0 N–H and O–H groups in total. The number of rotatable bonds is 1. The summed E-state index contributed by atoms with van der Waals surface area (Å²) in [7, 11) is 5.82. The Labute approximate surface area is 72.5 Å². The molecule has 0 saturated heterocycles. The molecule has 3 heteroatoms. The van der Waals surface area contributed by atoms with Gasteiger partial charge in [-0.15, -0.1) is 0 Å². The van der Waals surface area contributed by atoms with Crippen LogP contribution in [0, 0.1) is 6.92 Å². The Hall–Kier alpha value is -0.435. The van der Waals surface area contributed by atoms with Crippen LogP contribution in [0.3, 0.4) is 0 Å². The Morgan fingerprint density at radius 1 is 1.18 bits per heavy atom. The Kier molecular flexibility index (Phi) is 6.04. The van der Waals surface area contributed by atoms with Crippen molar-refractivity contribution in [2.45, 2.75) is 11.8 Å². The number of benzene rings is 1. The number of halogens is 1. The normalized spacial score (nSPS) is 8.27. The maximum absolute atomic E-state index is 9.50. The van der Waals surface area contributed by atoms with Gasteiger partial charge in [0.05, 0.1) is 7.18 Å². The second-order valence-electron chi connectivity index (χ2n) is 1.93. The second kappa shape index (κ2) is 6.29. The van der Waals surface area contributed by atoms with E-state index in [4.69, 9.17) is 7.12 Å². The first-order chi connectivity index (χ1) is 5.33. The molecule has 0 aromatic heterocycles. The zero-order valence-electron chi connectivity index (χ0n) is 6.67. The minimum Gasteiger partial charge on any atom is -0.255 e. The van der Waals surface area contributed by atoms with Gasteiger partial charge in [0.15, 0.2) is 7.12 Å². The van der Waals surface area contributed by atoms with Gasteiger partial charge < -0.3 is 0 Å². The van der Waals surface area contributed by atoms with Crippen molar-refractivity contribution in [2.75, 3.05) is 7.18 Å². The summed E-state index contributed by atoms with van der Waals surface area (Å²) in [6, 6.07) is 8.13. The number of hydrogen-bond donors (Lipinski definition) is 0. The molecular formula is C8H10BFS. The smallest absolute Gasteiger partial charge is 0.168 e. The van der Waals surface area contributed by atoms with Crippen molar-refractivity contribution < 1.29 is 4.39 Å². The third kappa shape index (κ3) is 4.09. The highest BCUT2D eigenvalue weighted by atomic mass is 32.2. The van der Waals surface area contributed by atoms with E-state index >= 15 is 0 Å². The first kappa shape index (κ1) is 10.6. The molecule has 0 nitrogen and oxygen atoms in total. The predicted octanol–water partition coefficient (Wildman–Crippen LogP) is 2.76. The molecule has 0 fully saturated rings. The van der Waals surface area contributed by atoms with Crippen molar-refractivity contribution in [2.24, 2.45) is 0 Å². The van der Waals surface area contributed by atoms with Crippen LogP contribution in [0.5, 0.6) is 0 Å². The SMILES string of the molecule is CF.[B]Sc1ccc(C)cc1. The number of aryl methyl sites for hydroxylation is 1. The fraction of sp³-hybridized carbons (Fsp3) is 0.250. The predicted molar refractivity (Wildman–Crippen MR) is 49.8 cm³/mol. The summed E-state index contributed by atoms with van der Waals surface area (Å²) in [5, 5.41) is 0. The van der Waals surface area contributed by atoms with Crippen molar-refractivity contribution in [3.05, 3.63) is 29.8 Å². The maximum atomic E-state index is 9.50. The minimum atomic E-state index is 0.500. The lowest BCUT2D eigenvalue weighted by Gasteiger charge is -1.94. The lowest BCUT2D eigenvalue weighted by molar-refractivity contribution is 0.636. The summed E-state index contributed by atoms with van der Waals surface area (Å²) < 4.78 is 9.50. The van der Waals surface area contributed by atoms with Crippen LogP contribution in [0.1, 0.15) is 5.56 Å². The van der Waals surface area contributed by atoms with E-state index in [9.17, 15) is 4.39 Å². The lowest BCUT2D eigenvalue weighted by atomic mass is 10.2. The van der Waals surface area contributed by atoms with Gasteiger partial charge in [0, 0.05) is 0 Å². The molecule has 0 atom stereocenters. The monoisotopic (exact) mass is 168 g/mol. The first-order valence-corrected chi connectivity index (χ1v) is 4.02. The highest BCUT2D eigenvalue weighted by Crippen LogP contribution is 2.12. The van der Waals surface area contributed by atoms with Crippen LogP contribution in [-0.4, -0.2) is 14.3 Å². The topological polar surface area (TPSA) is 0 Å². The molecule has 0 aliphatic carbocycles. The molecule has 1 aromatic carbocycles. The van der Waals surface area contributed by atoms with E-state index in [1.165, 1.54) is 17.2 Å². The van der Waals surface area contributed by atoms with Gasteiger partial charge in [-0.2, -0.15) is 11.6 Å². The molecule has 0 aliphatic heterocycles. The largest absolute Gasteiger partial charge is 0.255 e. The lowest BCUT2D eigenvalue weighted by Crippen LogP contribution is -1.70. The molecule has 0 heterocycles. The highest BCUT2D eigenvalue weighted by molar-refractivity contribution is 8.19. The zero-order valence-corrected chi connectivity index (χ0v) is 7.49. The third-order valence-corrected chi connectivity index (χ3v) is 1.70. The standard InChI is InChI=1S/C7H7BS.CH3F/c1-6-2-4-7(9-8)5-3-6;1-2/h2-5H,1H3;1H3. The van der Waals surface area contributed by atoms with Crippen LogP contribution in [-0.2, 0) is 0 Å². The summed E-state index contributed by atoms with van der Waals surface area (Å²) >= 11 is 1.28. The summed E-state index contributed by atoms with van der Waals surface area (Å²) in [5.74, 6) is 0. The van der Waals surface area contributed by atoms with E-state index in [1.54, 1.807) is 0 Å². The second-order valence-corrected chi connectivity index (χ2v) is 2.64. The van der Waals surface area contributed by atoms with Gasteiger partial charge in [-0.25, -0.2) is 0 Å². The van der Waals surface area contributed by atoms with Crippen LogP contribution < -0.4 is 0 Å². The van der Waals surface area contributed by atoms with Crippen LogP contribution in [0.25, 0.3) is 0 Å². The number of hydrogen-bond acceptors (Lipinski definition) is 1. The quantitative estimate of drug-likeness (QED) is 0.581. The van der Waals surface area contributed by atoms with Gasteiger partial charge in [0.25, 0.3) is 0 Å². The molecule has 0 saturated carbocycles. The van der Waals surface area contributed by atoms with Crippen LogP contribution >= 0.6 is 11.6 Å². The van der Waals surface area contributed by atoms with E-state index in [0.29, 0.717) is 7.18 Å². The van der Waals surface area contributed by atoms with Crippen LogP contribution in [0.2, 0.25) is 0 Å². The van der Waals surface area contributed by atoms with Gasteiger partial charge in [-0.05, 0) is 24.0 Å². The Morgan fingerprint density at radius 3 is 2.00 bits per heavy atom. The van der Waals surface area contributed by atoms with Crippen molar-refractivity contribution in [3.8, 4) is 0 Å². The van der Waals surface area contributed by atoms with Gasteiger partial charge in [-0.3, -0.25) is 4.39 Å². The van der Waals surface area contributed by atoms with Gasteiger partial charge in [0.2, 0.25) is 0 Å². The Morgan fingerprint density at radius 2 is 1.64 bits per heavy atom. The molecule has 0 aliphatic rings. The average Bonchev–Trinajstić information content (AvgIpc) is 2.10. The molecule has 58 valence electrons. The van der Waals surface area contributed by atoms with Crippen LogP contribution in [0.15, 0.2) is 29.2 Å². The zero-order chi connectivity index (χ0) is 8.69. The summed E-state index contributed by atoms with van der Waals surface area (Å²) in [5.41, 5.74) is 1.27. The van der Waals surface area contributed by atoms with Crippen LogP contribution in [0.4, 0.5) is 4.39 Å². The van der Waals surface area contributed by atoms with Gasteiger partial charge in [0.1, 0.15) is 0 Å². The van der Waals surface area contributed by atoms with E-state index in [1.807, 2.05) is 12.1 Å². The fourth-order valence-electron chi connectivity index (χ4n) is 0.617. The summed E-state index contributed by atoms with van der Waals surface area (Å²) in [4.78, 5) is 1.11. The van der Waals surface area contributed by atoms with Crippen molar-refractivity contribution in [1.29, 1.82) is 0 Å². The molecular weight excluding hydrogens is 158 g/mol. The van der Waals surface area contributed by atoms with E-state index in [-0.39, 0.29) is 0 Å². The van der Waals surface area contributed by atoms with E-state index in [2.05, 4.69) is 19.1 Å². The average molecular weight is 168 g/mol. The van der Waals surface area contributed by atoms with Crippen molar-refractivity contribution in [1.82, 2.24) is 0 Å². The first-order valence-electron chi connectivity index (χ1n) is 3.14. The van der Waals surface area contributed by atoms with E-state index in [0.717, 1.165) is 4.90 Å². The van der Waals surface area contributed by atoms with Crippen molar-refractivity contribution >= 4 is 18.7 Å². The van der Waals surface area contributed by atoms with E-state index < -0.39 is 0 Å². The van der Waals surface area contributed by atoms with Crippen molar-refractivity contribution in [3.63, 3.8) is 0 Å². The molecule has 11 heavy (non-hydrogen) atoms. The number of alkyl halides is 1. The molecule has 1 aromatic rings. The summed E-state index contributed by atoms with van der Waals surface area (Å²) in [6.45, 7) is 2.06. The molecule has 1 rings (SSSR count). The Balaban J connectivity index is 0.000000461. The molecule has 0 bridgehead atoms.